The summed E-state index contributed by atoms with van der Waals surface area (Å²) in [6.07, 6.45) is 4.90. The standard InChI is InChI=1S/C14H29N3/c1-6-8-9-14(3,4)15-13-16(5)11-12-17(13)10-7-2/h6-12H2,1-5H3. The highest BCUT2D eigenvalue weighted by atomic mass is 15.4. The maximum absolute atomic E-state index is 5.00. The van der Waals surface area contributed by atoms with E-state index in [9.17, 15) is 0 Å². The number of hydrogen-bond acceptors (Lipinski definition) is 1. The maximum atomic E-state index is 5.00. The zero-order chi connectivity index (χ0) is 12.9. The normalized spacial score (nSPS) is 19.5. The summed E-state index contributed by atoms with van der Waals surface area (Å²) >= 11 is 0. The summed E-state index contributed by atoms with van der Waals surface area (Å²) in [5.74, 6) is 1.20. The molecule has 1 fully saturated rings. The van der Waals surface area contributed by atoms with Crippen LogP contribution in [0.2, 0.25) is 0 Å². The molecule has 3 nitrogen and oxygen atoms in total. The third-order valence-electron chi connectivity index (χ3n) is 3.37. The van der Waals surface area contributed by atoms with Crippen LogP contribution in [0.15, 0.2) is 4.99 Å². The van der Waals surface area contributed by atoms with Crippen LogP contribution >= 0.6 is 0 Å². The second kappa shape index (κ2) is 6.27. The molecular weight excluding hydrogens is 210 g/mol. The summed E-state index contributed by atoms with van der Waals surface area (Å²) in [6.45, 7) is 12.4. The third-order valence-corrected chi connectivity index (χ3v) is 3.37. The van der Waals surface area contributed by atoms with Gasteiger partial charge in [-0.05, 0) is 26.7 Å². The Labute approximate surface area is 107 Å². The van der Waals surface area contributed by atoms with Gasteiger partial charge in [-0.3, -0.25) is 0 Å². The fraction of sp³-hybridized carbons (Fsp3) is 0.929. The number of hydrogen-bond donors (Lipinski definition) is 0. The Bertz CT molecular complexity index is 256. The number of unbranched alkanes of at least 4 members (excludes halogenated alkanes) is 1. The van der Waals surface area contributed by atoms with Crippen LogP contribution in [0.5, 0.6) is 0 Å². The van der Waals surface area contributed by atoms with Crippen LogP contribution in [-0.4, -0.2) is 48.0 Å². The van der Waals surface area contributed by atoms with E-state index in [1.807, 2.05) is 0 Å². The molecule has 0 N–H and O–H groups in total. The quantitative estimate of drug-likeness (QED) is 0.709. The predicted octanol–water partition coefficient (Wildman–Crippen LogP) is 2.97. The Morgan fingerprint density at radius 1 is 1.18 bits per heavy atom. The fourth-order valence-electron chi connectivity index (χ4n) is 2.29. The lowest BCUT2D eigenvalue weighted by molar-refractivity contribution is 0.420. The van der Waals surface area contributed by atoms with Gasteiger partial charge < -0.3 is 9.80 Å². The monoisotopic (exact) mass is 239 g/mol. The number of rotatable bonds is 6. The second-order valence-electron chi connectivity index (χ2n) is 5.74. The molecular formula is C14H29N3. The Morgan fingerprint density at radius 3 is 2.47 bits per heavy atom. The van der Waals surface area contributed by atoms with Crippen LogP contribution in [0.1, 0.15) is 53.4 Å². The Hall–Kier alpha value is -0.730. The zero-order valence-corrected chi connectivity index (χ0v) is 12.3. The zero-order valence-electron chi connectivity index (χ0n) is 12.3. The first kappa shape index (κ1) is 14.3. The van der Waals surface area contributed by atoms with Crippen molar-refractivity contribution in [3.05, 3.63) is 0 Å². The van der Waals surface area contributed by atoms with Crippen molar-refractivity contribution in [3.63, 3.8) is 0 Å². The first-order valence-corrected chi connectivity index (χ1v) is 7.06. The summed E-state index contributed by atoms with van der Waals surface area (Å²) in [5.41, 5.74) is 0.0793. The molecule has 0 aromatic rings. The minimum Gasteiger partial charge on any atom is -0.344 e. The van der Waals surface area contributed by atoms with Crippen LogP contribution in [0.4, 0.5) is 0 Å². The highest BCUT2D eigenvalue weighted by Crippen LogP contribution is 2.20. The molecule has 1 rings (SSSR count). The highest BCUT2D eigenvalue weighted by Gasteiger charge is 2.26. The molecule has 0 radical (unpaired) electrons. The smallest absolute Gasteiger partial charge is 0.196 e. The van der Waals surface area contributed by atoms with Gasteiger partial charge in [0.1, 0.15) is 0 Å². The molecule has 3 heteroatoms. The predicted molar refractivity (Wildman–Crippen MR) is 75.5 cm³/mol. The Kier molecular flexibility index (Phi) is 5.29. The van der Waals surface area contributed by atoms with Crippen molar-refractivity contribution in [2.24, 2.45) is 4.99 Å². The average molecular weight is 239 g/mol. The van der Waals surface area contributed by atoms with Gasteiger partial charge in [0, 0.05) is 26.7 Å². The van der Waals surface area contributed by atoms with E-state index in [2.05, 4.69) is 44.5 Å². The molecule has 100 valence electrons. The maximum Gasteiger partial charge on any atom is 0.196 e. The molecule has 0 spiro atoms. The number of aliphatic imine (C=N–C) groups is 1. The largest absolute Gasteiger partial charge is 0.344 e. The lowest BCUT2D eigenvalue weighted by Gasteiger charge is -2.26. The van der Waals surface area contributed by atoms with E-state index in [0.717, 1.165) is 19.6 Å². The van der Waals surface area contributed by atoms with Crippen LogP contribution in [0.25, 0.3) is 0 Å². The second-order valence-corrected chi connectivity index (χ2v) is 5.74. The molecule has 17 heavy (non-hydrogen) atoms. The van der Waals surface area contributed by atoms with Gasteiger partial charge in [-0.1, -0.05) is 26.7 Å². The van der Waals surface area contributed by atoms with Gasteiger partial charge in [-0.15, -0.1) is 0 Å². The average Bonchev–Trinajstić information content (AvgIpc) is 2.59. The number of nitrogens with zero attached hydrogens (tertiary/aromatic N) is 3. The van der Waals surface area contributed by atoms with E-state index in [1.165, 1.54) is 31.6 Å². The summed E-state index contributed by atoms with van der Waals surface area (Å²) in [6, 6.07) is 0. The fourth-order valence-corrected chi connectivity index (χ4v) is 2.29. The molecule has 0 saturated carbocycles. The minimum atomic E-state index is 0.0793. The molecule has 0 aromatic carbocycles. The molecule has 0 atom stereocenters. The molecule has 1 aliphatic rings. The topological polar surface area (TPSA) is 18.8 Å². The van der Waals surface area contributed by atoms with E-state index in [0.29, 0.717) is 0 Å². The van der Waals surface area contributed by atoms with E-state index >= 15 is 0 Å². The van der Waals surface area contributed by atoms with Crippen LogP contribution < -0.4 is 0 Å². The lowest BCUT2D eigenvalue weighted by Crippen LogP contribution is -2.35. The van der Waals surface area contributed by atoms with Crippen molar-refractivity contribution in [1.29, 1.82) is 0 Å². The van der Waals surface area contributed by atoms with Crippen molar-refractivity contribution >= 4 is 5.96 Å². The Balaban J connectivity index is 2.72. The first-order chi connectivity index (χ1) is 8.00. The van der Waals surface area contributed by atoms with Gasteiger partial charge in [0.05, 0.1) is 5.54 Å². The van der Waals surface area contributed by atoms with Crippen molar-refractivity contribution in [3.8, 4) is 0 Å². The van der Waals surface area contributed by atoms with E-state index in [-0.39, 0.29) is 5.54 Å². The molecule has 1 heterocycles. The van der Waals surface area contributed by atoms with Crippen molar-refractivity contribution in [2.75, 3.05) is 26.7 Å². The van der Waals surface area contributed by atoms with Gasteiger partial charge in [0.15, 0.2) is 5.96 Å². The highest BCUT2D eigenvalue weighted by molar-refractivity contribution is 5.82. The van der Waals surface area contributed by atoms with Crippen LogP contribution in [0, 0.1) is 0 Å². The molecule has 1 saturated heterocycles. The number of likely N-dealkylation sites (N-methyl/N-ethyl adjacent to an activating group) is 1. The van der Waals surface area contributed by atoms with Gasteiger partial charge in [0.25, 0.3) is 0 Å². The van der Waals surface area contributed by atoms with Gasteiger partial charge in [-0.2, -0.15) is 0 Å². The molecule has 1 aliphatic heterocycles. The molecule has 0 aromatic heterocycles. The minimum absolute atomic E-state index is 0.0793. The van der Waals surface area contributed by atoms with E-state index in [4.69, 9.17) is 4.99 Å². The first-order valence-electron chi connectivity index (χ1n) is 7.06. The van der Waals surface area contributed by atoms with E-state index < -0.39 is 0 Å². The molecule has 0 bridgehead atoms. The summed E-state index contributed by atoms with van der Waals surface area (Å²) < 4.78 is 0. The van der Waals surface area contributed by atoms with Crippen LogP contribution in [0.3, 0.4) is 0 Å². The van der Waals surface area contributed by atoms with Gasteiger partial charge in [-0.25, -0.2) is 4.99 Å². The van der Waals surface area contributed by atoms with Gasteiger partial charge >= 0.3 is 0 Å². The van der Waals surface area contributed by atoms with E-state index in [1.54, 1.807) is 0 Å². The molecule has 0 aliphatic carbocycles. The van der Waals surface area contributed by atoms with Crippen molar-refractivity contribution in [2.45, 2.75) is 58.9 Å². The summed E-state index contributed by atoms with van der Waals surface area (Å²) in [7, 11) is 2.16. The summed E-state index contributed by atoms with van der Waals surface area (Å²) in [4.78, 5) is 9.71. The molecule has 0 amide bonds. The van der Waals surface area contributed by atoms with Crippen LogP contribution in [-0.2, 0) is 0 Å². The summed E-state index contributed by atoms with van der Waals surface area (Å²) in [5, 5.41) is 0. The van der Waals surface area contributed by atoms with Crippen molar-refractivity contribution < 1.29 is 0 Å². The molecule has 0 unspecified atom stereocenters. The Morgan fingerprint density at radius 2 is 1.88 bits per heavy atom. The third kappa shape index (κ3) is 4.21. The van der Waals surface area contributed by atoms with Gasteiger partial charge in [0.2, 0.25) is 0 Å². The SMILES string of the molecule is CCCCC(C)(C)N=C1N(C)CCN1CCC. The lowest BCUT2D eigenvalue weighted by atomic mass is 9.98. The number of guanidine groups is 1. The van der Waals surface area contributed by atoms with Crippen molar-refractivity contribution in [1.82, 2.24) is 9.80 Å².